The van der Waals surface area contributed by atoms with Crippen molar-refractivity contribution in [1.29, 1.82) is 0 Å². The van der Waals surface area contributed by atoms with Gasteiger partial charge in [0.1, 0.15) is 5.75 Å². The molecule has 0 aliphatic carbocycles. The molecule has 2 aliphatic heterocycles. The van der Waals surface area contributed by atoms with Gasteiger partial charge in [-0.1, -0.05) is 18.2 Å². The molecule has 0 aromatic heterocycles. The van der Waals surface area contributed by atoms with Crippen LogP contribution in [0.1, 0.15) is 23.2 Å². The molecule has 152 valence electrons. The highest BCUT2D eigenvalue weighted by Crippen LogP contribution is 2.44. The molecule has 0 bridgehead atoms. The fraction of sp³-hybridized carbons (Fsp3) is 0.364. The monoisotopic (exact) mass is 411 g/mol. The van der Waals surface area contributed by atoms with Crippen molar-refractivity contribution in [2.45, 2.75) is 17.7 Å². The largest absolute Gasteiger partial charge is 0.497 e. The Labute approximate surface area is 175 Å². The summed E-state index contributed by atoms with van der Waals surface area (Å²) in [6, 6.07) is 16.7. The molecule has 2 heterocycles. The Kier molecular flexibility index (Phi) is 5.67. The van der Waals surface area contributed by atoms with Crippen molar-refractivity contribution in [3.63, 3.8) is 0 Å². The predicted molar refractivity (Wildman–Crippen MR) is 115 cm³/mol. The van der Waals surface area contributed by atoms with Gasteiger partial charge in [0.05, 0.1) is 12.0 Å². The number of methoxy groups -OCH3 is 1. The number of nitrogens with zero attached hydrogens (tertiary/aromatic N) is 2. The molecular weight excluding hydrogens is 386 g/mol. The third kappa shape index (κ3) is 4.05. The molecular formula is C22H25N3O3S. The molecule has 7 heteroatoms. The molecule has 0 unspecified atom stereocenters. The zero-order chi connectivity index (χ0) is 20.3. The molecule has 3 amide bonds. The number of nitrogens with one attached hydrogen (secondary N) is 1. The van der Waals surface area contributed by atoms with Crippen LogP contribution in [0, 0.1) is 0 Å². The second-order valence-electron chi connectivity index (χ2n) is 7.26. The van der Waals surface area contributed by atoms with Crippen molar-refractivity contribution in [3.8, 4) is 5.75 Å². The molecule has 2 saturated heterocycles. The zero-order valence-electron chi connectivity index (χ0n) is 16.5. The summed E-state index contributed by atoms with van der Waals surface area (Å²) in [6.07, 6.45) is 1.57. The molecule has 29 heavy (non-hydrogen) atoms. The fourth-order valence-electron chi connectivity index (χ4n) is 3.98. The standard InChI is InChI=1S/C22H25N3O3S/c1-28-19-9-7-18(8-10-19)23-21(27)24-13-11-22(12-14-24)25(15-16-29-22)20(26)17-5-3-2-4-6-17/h2-10H,11-16H2,1H3,(H,23,27). The number of piperidine rings is 1. The summed E-state index contributed by atoms with van der Waals surface area (Å²) in [5.74, 6) is 1.78. The van der Waals surface area contributed by atoms with Crippen LogP contribution < -0.4 is 10.1 Å². The number of hydrogen-bond donors (Lipinski definition) is 1. The smallest absolute Gasteiger partial charge is 0.321 e. The first-order valence-corrected chi connectivity index (χ1v) is 10.8. The Hall–Kier alpha value is -2.67. The van der Waals surface area contributed by atoms with Crippen LogP contribution in [0.15, 0.2) is 54.6 Å². The van der Waals surface area contributed by atoms with Gasteiger partial charge in [-0.05, 0) is 49.2 Å². The number of hydrogen-bond acceptors (Lipinski definition) is 4. The quantitative estimate of drug-likeness (QED) is 0.832. The van der Waals surface area contributed by atoms with Crippen molar-refractivity contribution in [2.75, 3.05) is 37.8 Å². The molecule has 2 aromatic rings. The van der Waals surface area contributed by atoms with E-state index >= 15 is 0 Å². The minimum Gasteiger partial charge on any atom is -0.497 e. The average Bonchev–Trinajstić information content (AvgIpc) is 3.17. The van der Waals surface area contributed by atoms with Gasteiger partial charge in [-0.3, -0.25) is 4.79 Å². The molecule has 4 rings (SSSR count). The van der Waals surface area contributed by atoms with E-state index in [1.165, 1.54) is 0 Å². The molecule has 6 nitrogen and oxygen atoms in total. The van der Waals surface area contributed by atoms with E-state index in [4.69, 9.17) is 4.74 Å². The number of amides is 3. The lowest BCUT2D eigenvalue weighted by Crippen LogP contribution is -2.54. The lowest BCUT2D eigenvalue weighted by atomic mass is 10.0. The van der Waals surface area contributed by atoms with Crippen molar-refractivity contribution >= 4 is 29.4 Å². The number of carbonyl (C=O) groups is 2. The van der Waals surface area contributed by atoms with E-state index in [-0.39, 0.29) is 16.8 Å². The number of urea groups is 1. The van der Waals surface area contributed by atoms with Crippen molar-refractivity contribution in [3.05, 3.63) is 60.2 Å². The second kappa shape index (κ2) is 8.37. The van der Waals surface area contributed by atoms with Crippen LogP contribution in [0.5, 0.6) is 5.75 Å². The summed E-state index contributed by atoms with van der Waals surface area (Å²) in [7, 11) is 1.62. The van der Waals surface area contributed by atoms with Gasteiger partial charge in [-0.15, -0.1) is 11.8 Å². The molecule has 0 radical (unpaired) electrons. The number of anilines is 1. The first-order valence-electron chi connectivity index (χ1n) is 9.82. The Morgan fingerprint density at radius 2 is 1.69 bits per heavy atom. The van der Waals surface area contributed by atoms with E-state index in [1.54, 1.807) is 7.11 Å². The molecule has 0 saturated carbocycles. The van der Waals surface area contributed by atoms with Crippen LogP contribution in [0.2, 0.25) is 0 Å². The SMILES string of the molecule is COc1ccc(NC(=O)N2CCC3(CC2)SCCN3C(=O)c2ccccc2)cc1. The number of carbonyl (C=O) groups excluding carboxylic acids is 2. The van der Waals surface area contributed by atoms with Gasteiger partial charge in [0.15, 0.2) is 0 Å². The maximum absolute atomic E-state index is 13.0. The van der Waals surface area contributed by atoms with Gasteiger partial charge >= 0.3 is 6.03 Å². The zero-order valence-corrected chi connectivity index (χ0v) is 17.3. The highest BCUT2D eigenvalue weighted by molar-refractivity contribution is 8.00. The molecule has 1 N–H and O–H groups in total. The van der Waals surface area contributed by atoms with E-state index in [0.29, 0.717) is 13.1 Å². The fourth-order valence-corrected chi connectivity index (χ4v) is 5.44. The van der Waals surface area contributed by atoms with E-state index in [0.717, 1.165) is 42.1 Å². The van der Waals surface area contributed by atoms with Crippen LogP contribution in [0.4, 0.5) is 10.5 Å². The minimum absolute atomic E-state index is 0.0896. The average molecular weight is 412 g/mol. The molecule has 2 aromatic carbocycles. The van der Waals surface area contributed by atoms with Crippen LogP contribution in [-0.4, -0.2) is 59.1 Å². The van der Waals surface area contributed by atoms with Gasteiger partial charge in [0, 0.05) is 36.6 Å². The second-order valence-corrected chi connectivity index (χ2v) is 8.72. The topological polar surface area (TPSA) is 61.9 Å². The Morgan fingerprint density at radius 3 is 2.34 bits per heavy atom. The first-order chi connectivity index (χ1) is 14.1. The van der Waals surface area contributed by atoms with Crippen LogP contribution in [0.25, 0.3) is 0 Å². The third-order valence-electron chi connectivity index (χ3n) is 5.62. The van der Waals surface area contributed by atoms with E-state index < -0.39 is 0 Å². The van der Waals surface area contributed by atoms with Gasteiger partial charge < -0.3 is 19.9 Å². The highest BCUT2D eigenvalue weighted by atomic mass is 32.2. The summed E-state index contributed by atoms with van der Waals surface area (Å²) >= 11 is 1.85. The molecule has 0 atom stereocenters. The van der Waals surface area contributed by atoms with Crippen LogP contribution >= 0.6 is 11.8 Å². The summed E-state index contributed by atoms with van der Waals surface area (Å²) in [5.41, 5.74) is 1.47. The molecule has 1 spiro atoms. The van der Waals surface area contributed by atoms with E-state index in [1.807, 2.05) is 76.2 Å². The van der Waals surface area contributed by atoms with Crippen molar-refractivity contribution in [2.24, 2.45) is 0 Å². The maximum Gasteiger partial charge on any atom is 0.321 e. The number of thioether (sulfide) groups is 1. The van der Waals surface area contributed by atoms with Gasteiger partial charge in [-0.25, -0.2) is 4.79 Å². The lowest BCUT2D eigenvalue weighted by molar-refractivity contribution is 0.0585. The van der Waals surface area contributed by atoms with Gasteiger partial charge in [0.25, 0.3) is 5.91 Å². The number of benzene rings is 2. The van der Waals surface area contributed by atoms with Crippen molar-refractivity contribution in [1.82, 2.24) is 9.80 Å². The Balaban J connectivity index is 1.38. The Morgan fingerprint density at radius 1 is 1.00 bits per heavy atom. The predicted octanol–water partition coefficient (Wildman–Crippen LogP) is 3.91. The minimum atomic E-state index is -0.205. The first kappa shape index (κ1) is 19.6. The third-order valence-corrected chi connectivity index (χ3v) is 7.17. The number of likely N-dealkylation sites (tertiary alicyclic amines) is 1. The number of ether oxygens (including phenoxy) is 1. The molecule has 2 fully saturated rings. The van der Waals surface area contributed by atoms with E-state index in [9.17, 15) is 9.59 Å². The van der Waals surface area contributed by atoms with Crippen LogP contribution in [0.3, 0.4) is 0 Å². The van der Waals surface area contributed by atoms with Gasteiger partial charge in [-0.2, -0.15) is 0 Å². The molecule has 2 aliphatic rings. The van der Waals surface area contributed by atoms with Crippen molar-refractivity contribution < 1.29 is 14.3 Å². The number of rotatable bonds is 3. The summed E-state index contributed by atoms with van der Waals surface area (Å²) in [4.78, 5) is 29.3. The summed E-state index contributed by atoms with van der Waals surface area (Å²) < 4.78 is 5.15. The Bertz CT molecular complexity index is 865. The highest BCUT2D eigenvalue weighted by Gasteiger charge is 2.47. The summed E-state index contributed by atoms with van der Waals surface area (Å²) in [5, 5.41) is 2.95. The maximum atomic E-state index is 13.0. The lowest BCUT2D eigenvalue weighted by Gasteiger charge is -2.44. The van der Waals surface area contributed by atoms with Gasteiger partial charge in [0.2, 0.25) is 0 Å². The normalized spacial score (nSPS) is 18.0. The summed E-state index contributed by atoms with van der Waals surface area (Å²) in [6.45, 7) is 2.03. The van der Waals surface area contributed by atoms with E-state index in [2.05, 4.69) is 5.32 Å². The van der Waals surface area contributed by atoms with Crippen LogP contribution in [-0.2, 0) is 0 Å².